The third-order valence-electron chi connectivity index (χ3n) is 1.73. The highest BCUT2D eigenvalue weighted by atomic mass is 32.2. The number of carbonyl (C=O) groups excluding carboxylic acids is 1. The molecule has 0 aliphatic carbocycles. The number of rotatable bonds is 3. The quantitative estimate of drug-likeness (QED) is 0.779. The molecular formula is C8H8N2O5S. The summed E-state index contributed by atoms with van der Waals surface area (Å²) in [6.45, 7) is 1.31. The number of hydrogen-bond acceptors (Lipinski definition) is 6. The van der Waals surface area contributed by atoms with Gasteiger partial charge in [-0.25, -0.2) is 18.2 Å². The minimum Gasteiger partial charge on any atom is -0.476 e. The van der Waals surface area contributed by atoms with Crippen LogP contribution in [0, 0.1) is 0 Å². The van der Waals surface area contributed by atoms with Gasteiger partial charge in [-0.3, -0.25) is 9.78 Å². The van der Waals surface area contributed by atoms with Gasteiger partial charge in [0.2, 0.25) is 9.84 Å². The number of carboxylic acid groups (broad SMARTS) is 1. The number of carbonyl (C=O) groups is 2. The summed E-state index contributed by atoms with van der Waals surface area (Å²) in [7, 11) is -3.93. The average Bonchev–Trinajstić information content (AvgIpc) is 2.28. The van der Waals surface area contributed by atoms with E-state index in [1.54, 1.807) is 0 Å². The SMILES string of the molecule is CCS(=O)(=O)C(=O)c1cncc(C(=O)O)n1. The van der Waals surface area contributed by atoms with Gasteiger partial charge in [0.05, 0.1) is 18.1 Å². The molecule has 0 saturated carbocycles. The average molecular weight is 244 g/mol. The van der Waals surface area contributed by atoms with Crippen LogP contribution >= 0.6 is 0 Å². The maximum Gasteiger partial charge on any atom is 0.356 e. The van der Waals surface area contributed by atoms with E-state index in [9.17, 15) is 18.0 Å². The topological polar surface area (TPSA) is 114 Å². The van der Waals surface area contributed by atoms with Crippen LogP contribution < -0.4 is 0 Å². The molecule has 8 heteroatoms. The smallest absolute Gasteiger partial charge is 0.356 e. The van der Waals surface area contributed by atoms with Crippen LogP contribution in [0.1, 0.15) is 27.9 Å². The molecule has 1 aromatic heterocycles. The van der Waals surface area contributed by atoms with Gasteiger partial charge >= 0.3 is 5.97 Å². The van der Waals surface area contributed by atoms with E-state index in [2.05, 4.69) is 9.97 Å². The third-order valence-corrected chi connectivity index (χ3v) is 3.26. The zero-order valence-corrected chi connectivity index (χ0v) is 9.06. The maximum absolute atomic E-state index is 11.4. The van der Waals surface area contributed by atoms with Crippen LogP contribution in [-0.2, 0) is 9.84 Å². The fourth-order valence-corrected chi connectivity index (χ4v) is 1.54. The predicted octanol–water partition coefficient (Wildman–Crippen LogP) is -0.250. The first kappa shape index (κ1) is 12.2. The summed E-state index contributed by atoms with van der Waals surface area (Å²) in [4.78, 5) is 28.8. The summed E-state index contributed by atoms with van der Waals surface area (Å²) in [6, 6.07) is 0. The van der Waals surface area contributed by atoms with Crippen molar-refractivity contribution in [2.24, 2.45) is 0 Å². The van der Waals surface area contributed by atoms with Crippen LogP contribution in [-0.4, -0.2) is 40.3 Å². The Morgan fingerprint density at radius 2 is 1.88 bits per heavy atom. The normalized spacial score (nSPS) is 11.1. The Morgan fingerprint density at radius 1 is 1.31 bits per heavy atom. The number of nitrogens with zero attached hydrogens (tertiary/aromatic N) is 2. The summed E-state index contributed by atoms with van der Waals surface area (Å²) >= 11 is 0. The Kier molecular flexibility index (Phi) is 3.33. The van der Waals surface area contributed by atoms with E-state index in [1.807, 2.05) is 0 Å². The van der Waals surface area contributed by atoms with Gasteiger partial charge < -0.3 is 5.11 Å². The van der Waals surface area contributed by atoms with Crippen molar-refractivity contribution in [1.29, 1.82) is 0 Å². The lowest BCUT2D eigenvalue weighted by Gasteiger charge is -2.00. The molecule has 0 bridgehead atoms. The van der Waals surface area contributed by atoms with E-state index in [0.717, 1.165) is 12.4 Å². The molecule has 0 aliphatic heterocycles. The zero-order valence-electron chi connectivity index (χ0n) is 8.24. The molecule has 1 aromatic rings. The molecule has 16 heavy (non-hydrogen) atoms. The lowest BCUT2D eigenvalue weighted by atomic mass is 10.4. The van der Waals surface area contributed by atoms with Gasteiger partial charge in [0.1, 0.15) is 5.69 Å². The zero-order chi connectivity index (χ0) is 12.3. The second kappa shape index (κ2) is 4.35. The lowest BCUT2D eigenvalue weighted by Crippen LogP contribution is -2.19. The van der Waals surface area contributed by atoms with Gasteiger partial charge in [0, 0.05) is 0 Å². The fourth-order valence-electron chi connectivity index (χ4n) is 0.858. The molecule has 0 aliphatic rings. The summed E-state index contributed by atoms with van der Waals surface area (Å²) in [5, 5.41) is 7.37. The Morgan fingerprint density at radius 3 is 2.38 bits per heavy atom. The molecule has 1 heterocycles. The first-order chi connectivity index (χ1) is 7.38. The van der Waals surface area contributed by atoms with Crippen molar-refractivity contribution in [2.45, 2.75) is 6.92 Å². The summed E-state index contributed by atoms with van der Waals surface area (Å²) in [5.41, 5.74) is -0.959. The molecule has 0 amide bonds. The van der Waals surface area contributed by atoms with Gasteiger partial charge in [-0.15, -0.1) is 0 Å². The number of carboxylic acids is 1. The fraction of sp³-hybridized carbons (Fsp3) is 0.250. The first-order valence-electron chi connectivity index (χ1n) is 4.21. The first-order valence-corrected chi connectivity index (χ1v) is 5.86. The summed E-state index contributed by atoms with van der Waals surface area (Å²) in [5.74, 6) is -1.75. The maximum atomic E-state index is 11.4. The number of aromatic carboxylic acids is 1. The number of sulfone groups is 1. The van der Waals surface area contributed by atoms with E-state index in [-0.39, 0.29) is 5.75 Å². The highest BCUT2D eigenvalue weighted by Gasteiger charge is 2.24. The Hall–Kier alpha value is -1.83. The van der Waals surface area contributed by atoms with Crippen molar-refractivity contribution in [3.05, 3.63) is 23.8 Å². The van der Waals surface area contributed by atoms with Gasteiger partial charge in [-0.2, -0.15) is 0 Å². The molecule has 1 N–H and O–H groups in total. The highest BCUT2D eigenvalue weighted by Crippen LogP contribution is 2.04. The van der Waals surface area contributed by atoms with Gasteiger partial charge in [0.15, 0.2) is 5.69 Å². The molecule has 0 atom stereocenters. The molecule has 0 spiro atoms. The van der Waals surface area contributed by atoms with Gasteiger partial charge in [-0.1, -0.05) is 6.92 Å². The molecule has 0 saturated heterocycles. The molecular weight excluding hydrogens is 236 g/mol. The Bertz CT molecular complexity index is 537. The largest absolute Gasteiger partial charge is 0.476 e. The molecule has 0 fully saturated rings. The summed E-state index contributed by atoms with van der Waals surface area (Å²) in [6.07, 6.45) is 1.85. The van der Waals surface area contributed by atoms with Crippen LogP contribution in [0.15, 0.2) is 12.4 Å². The van der Waals surface area contributed by atoms with Crippen LogP contribution in [0.5, 0.6) is 0 Å². The molecule has 1 rings (SSSR count). The highest BCUT2D eigenvalue weighted by molar-refractivity contribution is 8.06. The molecule has 0 unspecified atom stereocenters. The van der Waals surface area contributed by atoms with Crippen molar-refractivity contribution >= 4 is 20.9 Å². The second-order valence-electron chi connectivity index (χ2n) is 2.79. The Balaban J connectivity index is 3.21. The minimum atomic E-state index is -3.93. The minimum absolute atomic E-state index is 0.370. The number of aromatic nitrogens is 2. The molecule has 7 nitrogen and oxygen atoms in total. The predicted molar refractivity (Wildman–Crippen MR) is 52.8 cm³/mol. The van der Waals surface area contributed by atoms with Crippen molar-refractivity contribution < 1.29 is 23.1 Å². The molecule has 0 radical (unpaired) electrons. The van der Waals surface area contributed by atoms with Crippen LogP contribution in [0.4, 0.5) is 0 Å². The molecule has 86 valence electrons. The van der Waals surface area contributed by atoms with E-state index in [4.69, 9.17) is 5.11 Å². The van der Waals surface area contributed by atoms with E-state index >= 15 is 0 Å². The monoisotopic (exact) mass is 244 g/mol. The number of hydrogen-bond donors (Lipinski definition) is 1. The van der Waals surface area contributed by atoms with Crippen molar-refractivity contribution in [1.82, 2.24) is 9.97 Å². The molecule has 0 aromatic carbocycles. The third kappa shape index (κ3) is 2.40. The van der Waals surface area contributed by atoms with Crippen molar-refractivity contribution in [2.75, 3.05) is 5.75 Å². The lowest BCUT2D eigenvalue weighted by molar-refractivity contribution is 0.0690. The summed E-state index contributed by atoms with van der Waals surface area (Å²) < 4.78 is 22.4. The van der Waals surface area contributed by atoms with Crippen LogP contribution in [0.3, 0.4) is 0 Å². The Labute approximate surface area is 91.1 Å². The van der Waals surface area contributed by atoms with Gasteiger partial charge in [0.25, 0.3) is 5.12 Å². The van der Waals surface area contributed by atoms with Crippen LogP contribution in [0.2, 0.25) is 0 Å². The van der Waals surface area contributed by atoms with E-state index in [1.165, 1.54) is 6.92 Å². The van der Waals surface area contributed by atoms with E-state index in [0.29, 0.717) is 0 Å². The second-order valence-corrected chi connectivity index (χ2v) is 4.96. The van der Waals surface area contributed by atoms with Crippen LogP contribution in [0.25, 0.3) is 0 Å². The standard InChI is InChI=1S/C8H8N2O5S/c1-2-16(14,15)8(13)6-4-9-3-5(10-6)7(11)12/h3-4H,2H2,1H3,(H,11,12). The van der Waals surface area contributed by atoms with E-state index < -0.39 is 32.3 Å². The van der Waals surface area contributed by atoms with Crippen molar-refractivity contribution in [3.8, 4) is 0 Å². The van der Waals surface area contributed by atoms with Crippen molar-refractivity contribution in [3.63, 3.8) is 0 Å². The van der Waals surface area contributed by atoms with Gasteiger partial charge in [-0.05, 0) is 0 Å².